The number of anilines is 3. The fourth-order valence-corrected chi connectivity index (χ4v) is 16.1. The fraction of sp³-hybridized carbons (Fsp3) is 0.273. The molecule has 6 aromatic carbocycles. The molecule has 0 amide bonds. The maximum Gasteiger partial charge on any atom is 0.414 e. The Morgan fingerprint density at radius 1 is 0.420 bits per heavy atom. The van der Waals surface area contributed by atoms with E-state index in [0.29, 0.717) is 17.1 Å². The molecule has 434 valence electrons. The van der Waals surface area contributed by atoms with Crippen molar-refractivity contribution in [2.45, 2.75) is 56.7 Å². The van der Waals surface area contributed by atoms with Gasteiger partial charge in [-0.15, -0.1) is 0 Å². The minimum absolute atomic E-state index is 0.179. The molecule has 0 fully saturated rings. The number of fused-ring (bicyclic) bond motifs is 3. The number of aromatic hydroxyl groups is 3. The molecule has 0 unspecified atom stereocenters. The first-order valence-corrected chi connectivity index (χ1v) is 30.8. The van der Waals surface area contributed by atoms with Gasteiger partial charge in [-0.3, -0.25) is 0 Å². The van der Waals surface area contributed by atoms with Crippen LogP contribution in [0.15, 0.2) is 72.8 Å². The number of phenolic OH excluding ortho intramolecular Hbond substituents is 3. The molecule has 9 rings (SSSR count). The number of carboxylic acid groups (broad SMARTS) is 4. The van der Waals surface area contributed by atoms with E-state index in [2.05, 4.69) is 188 Å². The van der Waals surface area contributed by atoms with Crippen LogP contribution >= 0.6 is 136 Å². The Hall–Kier alpha value is -4.34. The highest BCUT2D eigenvalue weighted by molar-refractivity contribution is 14.1. The molecule has 0 saturated heterocycles. The predicted molar refractivity (Wildman–Crippen MR) is 358 cm³/mol. The van der Waals surface area contributed by atoms with E-state index in [1.165, 1.54) is 50.1 Å². The molecular weight excluding hydrogens is 1730 g/mol. The van der Waals surface area contributed by atoms with Gasteiger partial charge in [-0.2, -0.15) is 0 Å². The second-order valence-electron chi connectivity index (χ2n) is 18.2. The normalized spacial score (nSPS) is 15.5. The van der Waals surface area contributed by atoms with Crippen molar-refractivity contribution in [2.24, 2.45) is 0 Å². The number of aliphatic carboxylic acids is 4. The zero-order valence-electron chi connectivity index (χ0n) is 43.5. The number of hydrogen-bond donors (Lipinski definition) is 13. The fourth-order valence-electron chi connectivity index (χ4n) is 9.12. The van der Waals surface area contributed by atoms with Crippen LogP contribution in [0.4, 0.5) is 17.1 Å². The molecule has 20 nitrogen and oxygen atoms in total. The first-order valence-electron chi connectivity index (χ1n) is 24.3. The van der Waals surface area contributed by atoms with Crippen molar-refractivity contribution >= 4 is 176 Å². The molecule has 0 bridgehead atoms. The highest BCUT2D eigenvalue weighted by Gasteiger charge is 2.26. The van der Waals surface area contributed by atoms with Crippen molar-refractivity contribution in [1.29, 1.82) is 0 Å². The molecule has 81 heavy (non-hydrogen) atoms. The van der Waals surface area contributed by atoms with Crippen LogP contribution in [0.3, 0.4) is 0 Å². The third-order valence-electron chi connectivity index (χ3n) is 12.8. The minimum Gasteiger partial charge on any atom is -0.506 e. The topological polar surface area (TPSA) is 352 Å². The maximum atomic E-state index is 9.82. The zero-order chi connectivity index (χ0) is 60.0. The Kier molecular flexibility index (Phi) is 26.3. The number of methoxy groups -OCH3 is 3. The Labute approximate surface area is 548 Å². The summed E-state index contributed by atoms with van der Waals surface area (Å²) in [6, 6.07) is 24.8. The Morgan fingerprint density at radius 2 is 0.630 bits per heavy atom. The third kappa shape index (κ3) is 18.8. The lowest BCUT2D eigenvalue weighted by molar-refractivity contribution is -0.159. The summed E-state index contributed by atoms with van der Waals surface area (Å²) in [5.41, 5.74) is 29.9. The molecule has 16 N–H and O–H groups in total. The van der Waals surface area contributed by atoms with E-state index < -0.39 is 23.9 Å². The molecule has 3 heterocycles. The first-order chi connectivity index (χ1) is 38.3. The number of halogens is 6. The lowest BCUT2D eigenvalue weighted by atomic mass is 9.89. The molecule has 0 spiro atoms. The molecule has 3 aliphatic rings. The summed E-state index contributed by atoms with van der Waals surface area (Å²) in [4.78, 5) is 36.4. The van der Waals surface area contributed by atoms with Crippen LogP contribution in [0.25, 0.3) is 0 Å². The first kappa shape index (κ1) is 67.5. The van der Waals surface area contributed by atoms with Gasteiger partial charge in [0.15, 0.2) is 0 Å². The SMILES string of the molecule is COc1c(I)cc(C[C@@H]2NCCc3cc(O)c(N)cc32)cc1I.COc1c(I)cc(C[C@@H]2NCCc3cc(O)c(N)cc32)cc1I.COc1c(I)cc(C[C@@H]2NCCc3cc(O)c(N)cc32)cc1I.O=C(O)C(=O)O.O=C(O)C(=O)O. The average molecular weight is 1790 g/mol. The summed E-state index contributed by atoms with van der Waals surface area (Å²) in [5.74, 6) is -3.97. The van der Waals surface area contributed by atoms with Crippen LogP contribution in [0.2, 0.25) is 0 Å². The van der Waals surface area contributed by atoms with Crippen LogP contribution in [0, 0.1) is 21.4 Å². The minimum atomic E-state index is -1.82. The van der Waals surface area contributed by atoms with Gasteiger partial charge in [-0.25, -0.2) is 19.2 Å². The number of phenols is 3. The largest absolute Gasteiger partial charge is 0.506 e. The Bertz CT molecular complexity index is 2880. The highest BCUT2D eigenvalue weighted by atomic mass is 127. The van der Waals surface area contributed by atoms with E-state index >= 15 is 0 Å². The van der Waals surface area contributed by atoms with Gasteiger partial charge in [0.1, 0.15) is 34.5 Å². The number of nitrogen functional groups attached to an aromatic ring is 3. The quantitative estimate of drug-likeness (QED) is 0.0277. The molecule has 26 heteroatoms. The van der Waals surface area contributed by atoms with Crippen molar-refractivity contribution in [3.8, 4) is 34.5 Å². The number of rotatable bonds is 9. The molecular formula is C55H58I6N6O14. The Morgan fingerprint density at radius 3 is 0.815 bits per heavy atom. The van der Waals surface area contributed by atoms with Gasteiger partial charge in [-0.1, -0.05) is 0 Å². The van der Waals surface area contributed by atoms with Crippen molar-refractivity contribution in [1.82, 2.24) is 16.0 Å². The van der Waals surface area contributed by atoms with E-state index in [9.17, 15) is 15.3 Å². The molecule has 0 aliphatic carbocycles. The van der Waals surface area contributed by atoms with Crippen molar-refractivity contribution in [2.75, 3.05) is 58.2 Å². The third-order valence-corrected chi connectivity index (χ3v) is 17.6. The second-order valence-corrected chi connectivity index (χ2v) is 25.2. The van der Waals surface area contributed by atoms with E-state index in [1.807, 2.05) is 18.2 Å². The van der Waals surface area contributed by atoms with E-state index in [-0.39, 0.29) is 35.4 Å². The van der Waals surface area contributed by atoms with Crippen molar-refractivity contribution in [3.63, 3.8) is 0 Å². The van der Waals surface area contributed by atoms with E-state index in [0.717, 1.165) is 96.8 Å². The summed E-state index contributed by atoms with van der Waals surface area (Å²) in [6.07, 6.45) is 5.39. The second kappa shape index (κ2) is 31.5. The van der Waals surface area contributed by atoms with Gasteiger partial charge in [0.25, 0.3) is 0 Å². The monoisotopic (exact) mass is 1790 g/mol. The maximum absolute atomic E-state index is 9.82. The average Bonchev–Trinajstić information content (AvgIpc) is 3.41. The Balaban J connectivity index is 0.000000202. The smallest absolute Gasteiger partial charge is 0.414 e. The van der Waals surface area contributed by atoms with Crippen LogP contribution in [-0.4, -0.2) is 101 Å². The summed E-state index contributed by atoms with van der Waals surface area (Å²) in [6.45, 7) is 2.72. The summed E-state index contributed by atoms with van der Waals surface area (Å²) >= 11 is 13.9. The number of benzene rings is 6. The summed E-state index contributed by atoms with van der Waals surface area (Å²) in [5, 5.41) is 69.7. The van der Waals surface area contributed by atoms with Crippen molar-refractivity contribution in [3.05, 3.63) is 144 Å². The van der Waals surface area contributed by atoms with Crippen LogP contribution in [-0.2, 0) is 57.7 Å². The van der Waals surface area contributed by atoms with E-state index in [1.54, 1.807) is 39.5 Å². The summed E-state index contributed by atoms with van der Waals surface area (Å²) < 4.78 is 23.0. The van der Waals surface area contributed by atoms with Gasteiger partial charge in [0, 0.05) is 18.1 Å². The van der Waals surface area contributed by atoms with E-state index in [4.69, 9.17) is 71.0 Å². The predicted octanol–water partition coefficient (Wildman–Crippen LogP) is 9.18. The molecule has 3 aliphatic heterocycles. The van der Waals surface area contributed by atoms with Gasteiger partial charge in [0.2, 0.25) is 0 Å². The molecule has 3 atom stereocenters. The number of nitrogens with one attached hydrogen (secondary N) is 3. The summed E-state index contributed by atoms with van der Waals surface area (Å²) in [7, 11) is 5.11. The molecule has 0 radical (unpaired) electrons. The van der Waals surface area contributed by atoms with Gasteiger partial charge >= 0.3 is 23.9 Å². The lowest BCUT2D eigenvalue weighted by Gasteiger charge is -2.28. The molecule has 0 aromatic heterocycles. The number of hydrogen-bond acceptors (Lipinski definition) is 16. The number of carbonyl (C=O) groups is 4. The van der Waals surface area contributed by atoms with Crippen LogP contribution < -0.4 is 47.4 Å². The highest BCUT2D eigenvalue weighted by Crippen LogP contribution is 2.38. The van der Waals surface area contributed by atoms with Gasteiger partial charge < -0.3 is 83.1 Å². The van der Waals surface area contributed by atoms with Crippen LogP contribution in [0.1, 0.15) is 68.2 Å². The number of carboxylic acids is 4. The van der Waals surface area contributed by atoms with Gasteiger partial charge in [0.05, 0.1) is 59.8 Å². The molecule has 0 saturated carbocycles. The standard InChI is InChI=1S/3C17H18I2N2O2.2C2H2O4/c3*1-23-17-12(18)4-9(5-13(17)19)6-15-11-8-14(20)16(22)7-10(11)2-3-21-15;2*3-1(4)2(5)6/h3*4-5,7-8,15,21-22H,2-3,6,20H2,1H3;2*(H,3,4)(H,5,6)/t3*15-;;/m000../s1. The van der Waals surface area contributed by atoms with Crippen molar-refractivity contribution < 1.29 is 69.1 Å². The number of nitrogens with two attached hydrogens (primary N) is 3. The lowest BCUT2D eigenvalue weighted by Crippen LogP contribution is -2.31. The number of ether oxygens (including phenoxy) is 3. The molecule has 6 aromatic rings. The van der Waals surface area contributed by atoms with Crippen LogP contribution in [0.5, 0.6) is 34.5 Å². The van der Waals surface area contributed by atoms with Gasteiger partial charge in [-0.05, 0) is 317 Å². The zero-order valence-corrected chi connectivity index (χ0v) is 56.5.